The van der Waals surface area contributed by atoms with E-state index in [-0.39, 0.29) is 42.8 Å². The van der Waals surface area contributed by atoms with Crippen LogP contribution in [-0.4, -0.2) is 89.8 Å². The van der Waals surface area contributed by atoms with Crippen molar-refractivity contribution in [1.29, 1.82) is 11.1 Å². The Hall–Kier alpha value is -9.18. The van der Waals surface area contributed by atoms with Crippen LogP contribution >= 0.6 is 7.60 Å². The van der Waals surface area contributed by atoms with Crippen LogP contribution in [0.4, 0.5) is 0 Å². The van der Waals surface area contributed by atoms with E-state index in [2.05, 4.69) is 111 Å². The van der Waals surface area contributed by atoms with Crippen LogP contribution in [0.15, 0.2) is 212 Å². The van der Waals surface area contributed by atoms with Gasteiger partial charge in [-0.1, -0.05) is 194 Å². The number of nitrogens with zero attached hydrogens (tertiary/aromatic N) is 2. The summed E-state index contributed by atoms with van der Waals surface area (Å²) in [5.74, 6) is -0.800. The summed E-state index contributed by atoms with van der Waals surface area (Å²) in [5, 5.41) is 7.57. The highest BCUT2D eigenvalue weighted by atomic mass is 31.2. The van der Waals surface area contributed by atoms with Crippen molar-refractivity contribution in [1.82, 2.24) is 9.80 Å². The van der Waals surface area contributed by atoms with E-state index in [9.17, 15) is 28.5 Å². The lowest BCUT2D eigenvalue weighted by Crippen LogP contribution is -2.30. The molecule has 7 N–H and O–H groups in total. The van der Waals surface area contributed by atoms with Crippen LogP contribution < -0.4 is 5.73 Å². The molecule has 0 bridgehead atoms. The van der Waals surface area contributed by atoms with Crippen LogP contribution in [0, 0.1) is 11.1 Å². The van der Waals surface area contributed by atoms with E-state index < -0.39 is 7.60 Å². The largest absolute Gasteiger partial charge is 0.412 e. The number of amides is 4. The van der Waals surface area contributed by atoms with Crippen molar-refractivity contribution in [2.45, 2.75) is 85.7 Å². The molecule has 2 aliphatic heterocycles. The van der Waals surface area contributed by atoms with Gasteiger partial charge < -0.3 is 25.4 Å². The van der Waals surface area contributed by atoms with Gasteiger partial charge in [-0.2, -0.15) is 0 Å². The molecular weight excluding hydrogens is 1170 g/mol. The van der Waals surface area contributed by atoms with Crippen molar-refractivity contribution in [3.63, 3.8) is 0 Å². The lowest BCUT2D eigenvalue weighted by Gasteiger charge is -2.23. The first kappa shape index (κ1) is 75.3. The number of hydrogen-bond donors (Lipinski definition) is 4. The molecule has 0 aliphatic carbocycles. The molecule has 4 amide bonds. The molecule has 10 rings (SSSR count). The maximum atomic E-state index is 12.5. The van der Waals surface area contributed by atoms with Gasteiger partial charge in [0.15, 0.2) is 0 Å². The van der Waals surface area contributed by atoms with Crippen LogP contribution in [0.2, 0.25) is 0 Å². The smallest absolute Gasteiger partial charge is 0.337 e. The lowest BCUT2D eigenvalue weighted by molar-refractivity contribution is 0.0637. The maximum Gasteiger partial charge on any atom is 0.337 e. The number of aliphatic hydroxyl groups is 1. The molecule has 2 aliphatic rings. The average molecular weight is 1260 g/mol. The summed E-state index contributed by atoms with van der Waals surface area (Å²) in [7, 11) is -3.03. The highest BCUT2D eigenvalue weighted by Gasteiger charge is 2.36. The van der Waals surface area contributed by atoms with Gasteiger partial charge in [0.1, 0.15) is 6.29 Å². The number of aryl methyl sites for hydroxylation is 3. The fourth-order valence-corrected chi connectivity index (χ4v) is 12.0. The fourth-order valence-electron chi connectivity index (χ4n) is 10.2. The Bertz CT molecular complexity index is 3640. The summed E-state index contributed by atoms with van der Waals surface area (Å²) >= 11 is 0. The number of fused-ring (bicyclic) bond motifs is 2. The fraction of sp³-hybridized carbons (Fsp3) is 0.250. The molecule has 0 spiro atoms. The minimum absolute atomic E-state index is 0. The predicted molar refractivity (Wildman–Crippen MR) is 372 cm³/mol. The first-order valence-corrected chi connectivity index (χ1v) is 32.4. The molecule has 15 nitrogen and oxygen atoms in total. The minimum atomic E-state index is -3.03. The van der Waals surface area contributed by atoms with Crippen LogP contribution in [-0.2, 0) is 32.9 Å². The number of aldehydes is 1. The molecule has 8 aromatic rings. The number of benzene rings is 8. The second-order valence-corrected chi connectivity index (χ2v) is 23.6. The number of allylic oxidation sites excluding steroid dienone is 2. The zero-order valence-corrected chi connectivity index (χ0v) is 54.5. The first-order chi connectivity index (χ1) is 44.2. The van der Waals surface area contributed by atoms with Gasteiger partial charge in [-0.3, -0.25) is 38.3 Å². The Kier molecular flexibility index (Phi) is 33.2. The minimum Gasteiger partial charge on any atom is -0.412 e. The van der Waals surface area contributed by atoms with Crippen molar-refractivity contribution in [2.75, 3.05) is 39.5 Å². The van der Waals surface area contributed by atoms with Crippen LogP contribution in [0.5, 0.6) is 0 Å². The van der Waals surface area contributed by atoms with Gasteiger partial charge in [-0.15, -0.1) is 0 Å². The first-order valence-electron chi connectivity index (χ1n) is 30.8. The zero-order chi connectivity index (χ0) is 66.0. The summed E-state index contributed by atoms with van der Waals surface area (Å²) in [5.41, 5.74) is 29.9. The number of nitrogens with one attached hydrogen (secondary N) is 2. The number of aliphatic hydroxyl groups excluding tert-OH is 1. The second-order valence-electron chi connectivity index (χ2n) is 21.2. The summed E-state index contributed by atoms with van der Waals surface area (Å²) in [6, 6.07) is 68.9. The molecule has 0 radical (unpaired) electrons. The molecule has 1 unspecified atom stereocenters. The molecule has 0 aromatic heterocycles. The van der Waals surface area contributed by atoms with Gasteiger partial charge in [0, 0.05) is 26.7 Å². The number of hydrogen-bond acceptors (Lipinski definition) is 12. The molecule has 0 saturated heterocycles. The third-order valence-corrected chi connectivity index (χ3v) is 17.2. The Balaban J connectivity index is 0.000000320. The molecule has 484 valence electrons. The van der Waals surface area contributed by atoms with Crippen molar-refractivity contribution >= 4 is 60.8 Å². The topological polar surface area (TPSA) is 253 Å². The van der Waals surface area contributed by atoms with E-state index in [0.717, 1.165) is 61.6 Å². The standard InChI is InChI=1S/C26H23NO2.C18H15NO3.C18H21N.C12H19O3P.C2H6O.H2N2.H2O.H2/c1-19(22-12-3-2-4-13-22)17-21-10-7-9-20(18-21)11-8-16-27-25(28)23-14-5-6-15-24(23)26(27)29;20-12-14-6-3-5-13(11-14)7-4-10-19-17(21)15-8-1-2-9-16(15)18(19)22;1-15(18-10-3-2-4-11-18)13-17-8-5-7-16(14-17)9-6-12-19;1-4-14-16(13,15-5-2)11(3)12-9-7-6-8-10-12;1-2-3;1-2;;/h2-7,9-10,12-15,17-18H,8,11,16H2,1H3;1-3,5-6,8-9,11-12H,4,7,10H2;2-5,7-8,10-11,13-14H,6,9,12,19H2,1H3;6-11H,4-5H2,1-3H3;3H,2H2,1H3;1-2H;1H2;1H/b19-17+;;15-13+;;;;;. The van der Waals surface area contributed by atoms with Crippen LogP contribution in [0.3, 0.4) is 0 Å². The number of imide groups is 2. The summed E-state index contributed by atoms with van der Waals surface area (Å²) in [6.07, 6.45) is 10.3. The van der Waals surface area contributed by atoms with Gasteiger partial charge in [0.25, 0.3) is 23.6 Å². The van der Waals surface area contributed by atoms with Gasteiger partial charge in [-0.25, -0.2) is 11.1 Å². The molecule has 1 atom stereocenters. The summed E-state index contributed by atoms with van der Waals surface area (Å²) in [4.78, 5) is 62.8. The van der Waals surface area contributed by atoms with E-state index in [1.54, 1.807) is 61.5 Å². The third kappa shape index (κ3) is 22.6. The Morgan fingerprint density at radius 2 is 0.826 bits per heavy atom. The highest BCUT2D eigenvalue weighted by Crippen LogP contribution is 2.60. The molecular formula is C76H90N5O10P. The van der Waals surface area contributed by atoms with Crippen LogP contribution in [0.25, 0.3) is 23.3 Å². The maximum absolute atomic E-state index is 12.5. The van der Waals surface area contributed by atoms with Gasteiger partial charge >= 0.3 is 7.60 Å². The SMILES string of the molecule is C/C(=C\c1cccc(CCCN)c1)c1ccccc1.C/C(=C\c1cccc(CCCN2C(=O)c3ccccc3C2=O)c1)c1ccccc1.CCO.CCOP(=O)(OCC)C(C)c1ccccc1.N=N.O.O=Cc1cccc(CCCN2C(=O)c3ccccc3C2=O)c1.[HH]. The zero-order valence-electron chi connectivity index (χ0n) is 53.6. The molecule has 16 heteroatoms. The molecule has 2 heterocycles. The van der Waals surface area contributed by atoms with Crippen LogP contribution in [0.1, 0.15) is 164 Å². The van der Waals surface area contributed by atoms with E-state index in [0.29, 0.717) is 60.5 Å². The van der Waals surface area contributed by atoms with Crippen molar-refractivity contribution in [3.05, 3.63) is 285 Å². The van der Waals surface area contributed by atoms with E-state index in [1.807, 2.05) is 93.6 Å². The normalized spacial score (nSPS) is 12.5. The lowest BCUT2D eigenvalue weighted by atomic mass is 10.0. The quantitative estimate of drug-likeness (QED) is 0.0164. The Morgan fingerprint density at radius 3 is 1.16 bits per heavy atom. The molecule has 92 heavy (non-hydrogen) atoms. The number of carbonyl (C=O) groups is 5. The Labute approximate surface area is 544 Å². The highest BCUT2D eigenvalue weighted by molar-refractivity contribution is 7.54. The second kappa shape index (κ2) is 40.5. The monoisotopic (exact) mass is 1260 g/mol. The van der Waals surface area contributed by atoms with E-state index in [1.165, 1.54) is 48.8 Å². The third-order valence-electron chi connectivity index (χ3n) is 14.7. The predicted octanol–water partition coefficient (Wildman–Crippen LogP) is 16.4. The average Bonchev–Trinajstić information content (AvgIpc) is 2.39. The summed E-state index contributed by atoms with van der Waals surface area (Å²) in [6.45, 7) is 14.1. The van der Waals surface area contributed by atoms with Gasteiger partial charge in [0.2, 0.25) is 0 Å². The van der Waals surface area contributed by atoms with Gasteiger partial charge in [0.05, 0.1) is 41.1 Å². The van der Waals surface area contributed by atoms with E-state index >= 15 is 0 Å². The number of nitrogens with two attached hydrogens (primary N) is 1. The Morgan fingerprint density at radius 1 is 0.511 bits per heavy atom. The number of rotatable bonds is 22. The van der Waals surface area contributed by atoms with Crippen molar-refractivity contribution in [3.8, 4) is 0 Å². The molecule has 0 saturated carbocycles. The van der Waals surface area contributed by atoms with Gasteiger partial charge in [-0.05, 0) is 173 Å². The molecule has 8 aromatic carbocycles. The number of carbonyl (C=O) groups excluding carboxylic acids is 5. The van der Waals surface area contributed by atoms with Crippen molar-refractivity contribution in [2.24, 2.45) is 5.73 Å². The summed E-state index contributed by atoms with van der Waals surface area (Å²) < 4.78 is 23.1. The van der Waals surface area contributed by atoms with Crippen molar-refractivity contribution < 1.29 is 49.6 Å². The van der Waals surface area contributed by atoms with E-state index in [4.69, 9.17) is 30.9 Å². The molecule has 0 fully saturated rings.